The molecule has 0 atom stereocenters. The Morgan fingerprint density at radius 2 is 1.85 bits per heavy atom. The summed E-state index contributed by atoms with van der Waals surface area (Å²) in [6.07, 6.45) is 1.31. The highest BCUT2D eigenvalue weighted by atomic mass is 16.1. The summed E-state index contributed by atoms with van der Waals surface area (Å²) < 4.78 is 0. The van der Waals surface area contributed by atoms with Crippen molar-refractivity contribution in [2.45, 2.75) is 13.8 Å². The molecule has 0 unspecified atom stereocenters. The van der Waals surface area contributed by atoms with Gasteiger partial charge in [-0.25, -0.2) is 9.97 Å². The third-order valence-corrected chi connectivity index (χ3v) is 3.84. The molecule has 26 heavy (non-hydrogen) atoms. The average molecular weight is 343 g/mol. The van der Waals surface area contributed by atoms with Crippen molar-refractivity contribution in [3.05, 3.63) is 77.2 Å². The van der Waals surface area contributed by atoms with Crippen molar-refractivity contribution in [2.75, 3.05) is 10.6 Å². The highest BCUT2D eigenvalue weighted by molar-refractivity contribution is 6.03. The molecule has 0 aliphatic carbocycles. The molecule has 2 N–H and O–H groups in total. The first-order valence-electron chi connectivity index (χ1n) is 8.03. The number of rotatable bonds is 4. The van der Waals surface area contributed by atoms with Crippen LogP contribution in [0.1, 0.15) is 27.2 Å². The lowest BCUT2D eigenvalue weighted by Crippen LogP contribution is -2.15. The summed E-state index contributed by atoms with van der Waals surface area (Å²) in [5.41, 5.74) is 4.20. The van der Waals surface area contributed by atoms with Crippen molar-refractivity contribution >= 4 is 23.1 Å². The van der Waals surface area contributed by atoms with E-state index in [0.29, 0.717) is 17.1 Å². The zero-order chi connectivity index (χ0) is 18.5. The fraction of sp³-hybridized carbons (Fsp3) is 0.100. The number of benzene rings is 2. The molecule has 3 aromatic rings. The first-order valence-corrected chi connectivity index (χ1v) is 8.03. The molecule has 6 heteroatoms. The number of nitrogens with zero attached hydrogens (tertiary/aromatic N) is 3. The zero-order valence-corrected chi connectivity index (χ0v) is 14.4. The summed E-state index contributed by atoms with van der Waals surface area (Å²) in [6.45, 7) is 3.94. The van der Waals surface area contributed by atoms with Crippen LogP contribution in [0.25, 0.3) is 0 Å². The van der Waals surface area contributed by atoms with Gasteiger partial charge < -0.3 is 10.6 Å². The minimum Gasteiger partial charge on any atom is -0.339 e. The number of amides is 1. The second kappa shape index (κ2) is 7.45. The van der Waals surface area contributed by atoms with Gasteiger partial charge in [0.05, 0.1) is 11.3 Å². The van der Waals surface area contributed by atoms with Crippen LogP contribution in [0.3, 0.4) is 0 Å². The molecule has 6 nitrogen and oxygen atoms in total. The van der Waals surface area contributed by atoms with Crippen LogP contribution < -0.4 is 10.6 Å². The van der Waals surface area contributed by atoms with Gasteiger partial charge in [-0.2, -0.15) is 5.26 Å². The predicted molar refractivity (Wildman–Crippen MR) is 100 cm³/mol. The molecule has 1 amide bonds. The van der Waals surface area contributed by atoms with Crippen LogP contribution in [0.5, 0.6) is 0 Å². The van der Waals surface area contributed by atoms with Gasteiger partial charge in [0.25, 0.3) is 5.91 Å². The Morgan fingerprint density at radius 3 is 2.62 bits per heavy atom. The predicted octanol–water partition coefficient (Wildman–Crippen LogP) is 3.96. The van der Waals surface area contributed by atoms with Crippen molar-refractivity contribution in [1.29, 1.82) is 5.26 Å². The SMILES string of the molecule is Cc1ccc(NC(=O)c2cc(Nc3ccccc3C#N)ncn2)c(C)c1. The molecule has 128 valence electrons. The first-order chi connectivity index (χ1) is 12.6. The van der Waals surface area contributed by atoms with Crippen molar-refractivity contribution in [1.82, 2.24) is 9.97 Å². The normalized spacial score (nSPS) is 10.0. The molecule has 0 aliphatic heterocycles. The maximum atomic E-state index is 12.5. The van der Waals surface area contributed by atoms with Crippen molar-refractivity contribution in [3.63, 3.8) is 0 Å². The highest BCUT2D eigenvalue weighted by Crippen LogP contribution is 2.20. The van der Waals surface area contributed by atoms with Gasteiger partial charge in [0.2, 0.25) is 0 Å². The van der Waals surface area contributed by atoms with Crippen LogP contribution in [0, 0.1) is 25.2 Å². The van der Waals surface area contributed by atoms with E-state index in [1.165, 1.54) is 6.33 Å². The summed E-state index contributed by atoms with van der Waals surface area (Å²) in [7, 11) is 0. The van der Waals surface area contributed by atoms with Crippen molar-refractivity contribution in [2.24, 2.45) is 0 Å². The van der Waals surface area contributed by atoms with Crippen LogP contribution in [-0.4, -0.2) is 15.9 Å². The van der Waals surface area contributed by atoms with E-state index < -0.39 is 0 Å². The topological polar surface area (TPSA) is 90.7 Å². The maximum Gasteiger partial charge on any atom is 0.274 e. The lowest BCUT2D eigenvalue weighted by atomic mass is 10.1. The van der Waals surface area contributed by atoms with E-state index in [9.17, 15) is 4.79 Å². The molecule has 0 saturated heterocycles. The van der Waals surface area contributed by atoms with Gasteiger partial charge in [-0.1, -0.05) is 29.8 Å². The van der Waals surface area contributed by atoms with Gasteiger partial charge in [-0.3, -0.25) is 4.79 Å². The monoisotopic (exact) mass is 343 g/mol. The van der Waals surface area contributed by atoms with Gasteiger partial charge in [0.1, 0.15) is 23.9 Å². The van der Waals surface area contributed by atoms with Gasteiger partial charge in [-0.15, -0.1) is 0 Å². The number of hydrogen-bond donors (Lipinski definition) is 2. The number of carbonyl (C=O) groups is 1. The number of aromatic nitrogens is 2. The fourth-order valence-electron chi connectivity index (χ4n) is 2.52. The minimum atomic E-state index is -0.323. The number of anilines is 3. The van der Waals surface area contributed by atoms with Crippen molar-refractivity contribution < 1.29 is 4.79 Å². The number of nitriles is 1. The van der Waals surface area contributed by atoms with E-state index in [-0.39, 0.29) is 11.6 Å². The second-order valence-electron chi connectivity index (χ2n) is 5.84. The lowest BCUT2D eigenvalue weighted by Gasteiger charge is -2.10. The Balaban J connectivity index is 1.80. The Labute approximate surface area is 151 Å². The Kier molecular flexibility index (Phi) is 4.90. The molecule has 1 heterocycles. The standard InChI is InChI=1S/C20H17N5O/c1-13-7-8-16(14(2)9-13)25-20(26)18-10-19(23-12-22-18)24-17-6-4-3-5-15(17)11-21/h3-10,12H,1-2H3,(H,25,26)(H,22,23,24). The maximum absolute atomic E-state index is 12.5. The van der Waals surface area contributed by atoms with Crippen LogP contribution in [-0.2, 0) is 0 Å². The molecule has 0 spiro atoms. The van der Waals surface area contributed by atoms with Crippen LogP contribution >= 0.6 is 0 Å². The molecule has 0 radical (unpaired) electrons. The number of carbonyl (C=O) groups excluding carboxylic acids is 1. The van der Waals surface area contributed by atoms with Gasteiger partial charge in [-0.05, 0) is 37.6 Å². The van der Waals surface area contributed by atoms with Crippen LogP contribution in [0.2, 0.25) is 0 Å². The largest absolute Gasteiger partial charge is 0.339 e. The molecule has 3 rings (SSSR count). The molecular weight excluding hydrogens is 326 g/mol. The molecule has 0 aliphatic rings. The summed E-state index contributed by atoms with van der Waals surface area (Å²) in [5, 5.41) is 15.1. The Hall–Kier alpha value is -3.72. The third-order valence-electron chi connectivity index (χ3n) is 3.84. The van der Waals surface area contributed by atoms with E-state index in [1.54, 1.807) is 24.3 Å². The molecule has 0 fully saturated rings. The second-order valence-corrected chi connectivity index (χ2v) is 5.84. The smallest absolute Gasteiger partial charge is 0.274 e. The molecule has 0 bridgehead atoms. The number of nitrogens with one attached hydrogen (secondary N) is 2. The Bertz CT molecular complexity index is 1010. The number of aryl methyl sites for hydroxylation is 2. The van der Waals surface area contributed by atoms with Crippen molar-refractivity contribution in [3.8, 4) is 6.07 Å². The summed E-state index contributed by atoms with van der Waals surface area (Å²) in [6, 6.07) is 16.5. The van der Waals surface area contributed by atoms with E-state index in [2.05, 4.69) is 26.7 Å². The average Bonchev–Trinajstić information content (AvgIpc) is 2.64. The fourth-order valence-corrected chi connectivity index (χ4v) is 2.52. The van der Waals surface area contributed by atoms with Crippen LogP contribution in [0.4, 0.5) is 17.2 Å². The molecule has 0 saturated carbocycles. The Morgan fingerprint density at radius 1 is 1.04 bits per heavy atom. The van der Waals surface area contributed by atoms with Crippen LogP contribution in [0.15, 0.2) is 54.9 Å². The van der Waals surface area contributed by atoms with Gasteiger partial charge >= 0.3 is 0 Å². The molecule has 1 aromatic heterocycles. The molecular formula is C20H17N5O. The van der Waals surface area contributed by atoms with Gasteiger partial charge in [0, 0.05) is 11.8 Å². The van der Waals surface area contributed by atoms with Gasteiger partial charge in [0.15, 0.2) is 0 Å². The van der Waals surface area contributed by atoms with E-state index in [0.717, 1.165) is 16.8 Å². The summed E-state index contributed by atoms with van der Waals surface area (Å²) in [4.78, 5) is 20.7. The summed E-state index contributed by atoms with van der Waals surface area (Å²) >= 11 is 0. The number of para-hydroxylation sites is 1. The quantitative estimate of drug-likeness (QED) is 0.748. The lowest BCUT2D eigenvalue weighted by molar-refractivity contribution is 0.102. The molecule has 2 aromatic carbocycles. The first kappa shape index (κ1) is 17.1. The highest BCUT2D eigenvalue weighted by Gasteiger charge is 2.11. The third kappa shape index (κ3) is 3.84. The minimum absolute atomic E-state index is 0.233. The summed E-state index contributed by atoms with van der Waals surface area (Å²) in [5.74, 6) is 0.115. The van der Waals surface area contributed by atoms with E-state index in [4.69, 9.17) is 5.26 Å². The zero-order valence-electron chi connectivity index (χ0n) is 14.4. The van der Waals surface area contributed by atoms with E-state index in [1.807, 2.05) is 38.1 Å². The number of hydrogen-bond acceptors (Lipinski definition) is 5. The van der Waals surface area contributed by atoms with E-state index >= 15 is 0 Å².